The number of aryl methyl sites for hydroxylation is 1. The van der Waals surface area contributed by atoms with Gasteiger partial charge in [0.25, 0.3) is 0 Å². The van der Waals surface area contributed by atoms with Gasteiger partial charge >= 0.3 is 0 Å². The van der Waals surface area contributed by atoms with Crippen LogP contribution >= 0.6 is 15.9 Å². The van der Waals surface area contributed by atoms with Crippen molar-refractivity contribution in [1.29, 1.82) is 0 Å². The summed E-state index contributed by atoms with van der Waals surface area (Å²) < 4.78 is 3.18. The van der Waals surface area contributed by atoms with E-state index < -0.39 is 0 Å². The van der Waals surface area contributed by atoms with Crippen LogP contribution in [0.5, 0.6) is 0 Å². The van der Waals surface area contributed by atoms with Gasteiger partial charge in [-0.3, -0.25) is 0 Å². The van der Waals surface area contributed by atoms with E-state index in [1.165, 1.54) is 12.8 Å². The molecule has 6 heteroatoms. The minimum atomic E-state index is 0.576. The fourth-order valence-electron chi connectivity index (χ4n) is 2.42. The number of rotatable bonds is 6. The van der Waals surface area contributed by atoms with Crippen LogP contribution in [0, 0.1) is 0 Å². The molecule has 2 aromatic heterocycles. The minimum Gasteiger partial charge on any atom is -0.369 e. The lowest BCUT2D eigenvalue weighted by atomic mass is 10.2. The molecule has 0 saturated heterocycles. The molecule has 2 heterocycles. The number of anilines is 1. The molecule has 0 aliphatic heterocycles. The normalized spacial score (nSPS) is 14.4. The van der Waals surface area contributed by atoms with Gasteiger partial charge in [0.2, 0.25) is 0 Å². The highest BCUT2D eigenvalue weighted by atomic mass is 79.9. The molecule has 3 rings (SSSR count). The number of nitrogens with one attached hydrogen (secondary N) is 1. The fraction of sp³-hybridized carbons (Fsp3) is 0.533. The smallest absolute Gasteiger partial charge is 0.180 e. The third kappa shape index (κ3) is 2.95. The lowest BCUT2D eigenvalue weighted by Crippen LogP contribution is -2.08. The highest BCUT2D eigenvalue weighted by Crippen LogP contribution is 2.38. The summed E-state index contributed by atoms with van der Waals surface area (Å²) in [5.41, 5.74) is 2.07. The second-order valence-electron chi connectivity index (χ2n) is 5.35. The minimum absolute atomic E-state index is 0.576. The van der Waals surface area contributed by atoms with Gasteiger partial charge in [-0.1, -0.05) is 13.3 Å². The molecule has 0 spiro atoms. The Bertz CT molecular complexity index is 606. The number of halogens is 1. The first-order valence-corrected chi connectivity index (χ1v) is 8.36. The summed E-state index contributed by atoms with van der Waals surface area (Å²) in [6, 6.07) is 0.576. The van der Waals surface area contributed by atoms with Crippen molar-refractivity contribution in [3.63, 3.8) is 0 Å². The second-order valence-corrected chi connectivity index (χ2v) is 6.15. The Morgan fingerprint density at radius 3 is 2.81 bits per heavy atom. The van der Waals surface area contributed by atoms with Crippen LogP contribution in [0.2, 0.25) is 0 Å². The number of aromatic nitrogens is 4. The molecule has 1 saturated carbocycles. The predicted octanol–water partition coefficient (Wildman–Crippen LogP) is 3.82. The van der Waals surface area contributed by atoms with E-state index in [4.69, 9.17) is 4.98 Å². The molecule has 0 bridgehead atoms. The zero-order valence-corrected chi connectivity index (χ0v) is 14.0. The van der Waals surface area contributed by atoms with E-state index in [1.54, 1.807) is 0 Å². The van der Waals surface area contributed by atoms with Gasteiger partial charge < -0.3 is 9.88 Å². The molecule has 1 aliphatic carbocycles. The van der Waals surface area contributed by atoms with Crippen molar-refractivity contribution in [2.24, 2.45) is 0 Å². The van der Waals surface area contributed by atoms with Crippen LogP contribution in [0.1, 0.15) is 44.8 Å². The van der Waals surface area contributed by atoms with Crippen LogP contribution < -0.4 is 5.32 Å². The van der Waals surface area contributed by atoms with Crippen LogP contribution in [-0.2, 0) is 6.42 Å². The first kappa shape index (κ1) is 14.5. The maximum Gasteiger partial charge on any atom is 0.180 e. The highest BCUT2D eigenvalue weighted by Gasteiger charge is 2.27. The zero-order valence-electron chi connectivity index (χ0n) is 12.4. The van der Waals surface area contributed by atoms with Gasteiger partial charge in [-0.05, 0) is 42.1 Å². The van der Waals surface area contributed by atoms with E-state index in [2.05, 4.69) is 49.6 Å². The SMILES string of the molecule is CCCc1nc(-c2cncn2C2CC2)nc(NCC)c1Br. The molecule has 2 aromatic rings. The molecule has 21 heavy (non-hydrogen) atoms. The number of hydrogen-bond donors (Lipinski definition) is 1. The predicted molar refractivity (Wildman–Crippen MR) is 87.4 cm³/mol. The van der Waals surface area contributed by atoms with Gasteiger partial charge in [-0.2, -0.15) is 0 Å². The maximum atomic E-state index is 4.76. The lowest BCUT2D eigenvalue weighted by molar-refractivity contribution is 0.741. The summed E-state index contributed by atoms with van der Waals surface area (Å²) >= 11 is 3.63. The van der Waals surface area contributed by atoms with Crippen molar-refractivity contribution in [3.05, 3.63) is 22.7 Å². The van der Waals surface area contributed by atoms with Crippen LogP contribution in [-0.4, -0.2) is 26.1 Å². The molecular formula is C15H20BrN5. The molecular weight excluding hydrogens is 330 g/mol. The average molecular weight is 350 g/mol. The Balaban J connectivity index is 2.06. The van der Waals surface area contributed by atoms with Crippen molar-refractivity contribution in [2.75, 3.05) is 11.9 Å². The van der Waals surface area contributed by atoms with Gasteiger partial charge in [-0.25, -0.2) is 15.0 Å². The maximum absolute atomic E-state index is 4.76. The van der Waals surface area contributed by atoms with Crippen LogP contribution in [0.25, 0.3) is 11.5 Å². The summed E-state index contributed by atoms with van der Waals surface area (Å²) in [5.74, 6) is 1.64. The molecule has 0 unspecified atom stereocenters. The van der Waals surface area contributed by atoms with Crippen molar-refractivity contribution in [1.82, 2.24) is 19.5 Å². The summed E-state index contributed by atoms with van der Waals surface area (Å²) in [5, 5.41) is 3.31. The second kappa shape index (κ2) is 6.13. The van der Waals surface area contributed by atoms with E-state index in [-0.39, 0.29) is 0 Å². The van der Waals surface area contributed by atoms with Gasteiger partial charge in [0.05, 0.1) is 22.7 Å². The van der Waals surface area contributed by atoms with Gasteiger partial charge in [-0.15, -0.1) is 0 Å². The van der Waals surface area contributed by atoms with E-state index >= 15 is 0 Å². The van der Waals surface area contributed by atoms with Gasteiger partial charge in [0.1, 0.15) is 11.5 Å². The molecule has 1 N–H and O–H groups in total. The quantitative estimate of drug-likeness (QED) is 0.861. The van der Waals surface area contributed by atoms with Crippen molar-refractivity contribution >= 4 is 21.7 Å². The first-order valence-electron chi connectivity index (χ1n) is 7.57. The molecule has 1 aliphatic rings. The average Bonchev–Trinajstić information content (AvgIpc) is 3.21. The first-order chi connectivity index (χ1) is 10.2. The lowest BCUT2D eigenvalue weighted by Gasteiger charge is -2.13. The molecule has 0 amide bonds. The fourth-order valence-corrected chi connectivity index (χ4v) is 2.93. The topological polar surface area (TPSA) is 55.6 Å². The summed E-state index contributed by atoms with van der Waals surface area (Å²) in [7, 11) is 0. The monoisotopic (exact) mass is 349 g/mol. The van der Waals surface area contributed by atoms with E-state index in [0.29, 0.717) is 6.04 Å². The molecule has 5 nitrogen and oxygen atoms in total. The van der Waals surface area contributed by atoms with E-state index in [1.807, 2.05) is 12.5 Å². The van der Waals surface area contributed by atoms with Crippen LogP contribution in [0.15, 0.2) is 17.0 Å². The van der Waals surface area contributed by atoms with Crippen molar-refractivity contribution < 1.29 is 0 Å². The van der Waals surface area contributed by atoms with E-state index in [9.17, 15) is 0 Å². The largest absolute Gasteiger partial charge is 0.369 e. The summed E-state index contributed by atoms with van der Waals surface area (Å²) in [6.07, 6.45) is 8.20. The molecule has 112 valence electrons. The standard InChI is InChI=1S/C15H20BrN5/c1-3-5-11-13(16)15(18-4-2)20-14(19-11)12-8-17-9-21(12)10-6-7-10/h8-10H,3-7H2,1-2H3,(H,18,19,20). The number of hydrogen-bond acceptors (Lipinski definition) is 4. The summed E-state index contributed by atoms with van der Waals surface area (Å²) in [4.78, 5) is 13.7. The van der Waals surface area contributed by atoms with E-state index in [0.717, 1.165) is 46.9 Å². The van der Waals surface area contributed by atoms with Gasteiger partial charge in [0, 0.05) is 12.6 Å². The van der Waals surface area contributed by atoms with Gasteiger partial charge in [0.15, 0.2) is 5.82 Å². The molecule has 1 fully saturated rings. The Hall–Kier alpha value is -1.43. The van der Waals surface area contributed by atoms with Crippen LogP contribution in [0.4, 0.5) is 5.82 Å². The number of imidazole rings is 1. The number of nitrogens with zero attached hydrogens (tertiary/aromatic N) is 4. The van der Waals surface area contributed by atoms with Crippen molar-refractivity contribution in [3.8, 4) is 11.5 Å². The molecule has 0 radical (unpaired) electrons. The Labute approximate surface area is 133 Å². The Morgan fingerprint density at radius 2 is 2.14 bits per heavy atom. The Morgan fingerprint density at radius 1 is 1.33 bits per heavy atom. The third-order valence-electron chi connectivity index (χ3n) is 3.59. The molecule has 0 atom stereocenters. The third-order valence-corrected chi connectivity index (χ3v) is 4.42. The molecule has 0 aromatic carbocycles. The van der Waals surface area contributed by atoms with Crippen molar-refractivity contribution in [2.45, 2.75) is 45.6 Å². The Kier molecular flexibility index (Phi) is 4.24. The highest BCUT2D eigenvalue weighted by molar-refractivity contribution is 9.10. The summed E-state index contributed by atoms with van der Waals surface area (Å²) in [6.45, 7) is 5.07. The van der Waals surface area contributed by atoms with Crippen LogP contribution in [0.3, 0.4) is 0 Å². The zero-order chi connectivity index (χ0) is 14.8.